The minimum absolute atomic E-state index is 0.222. The zero-order chi connectivity index (χ0) is 10.1. The van der Waals surface area contributed by atoms with Gasteiger partial charge in [0.15, 0.2) is 0 Å². The van der Waals surface area contributed by atoms with Gasteiger partial charge in [-0.15, -0.1) is 0 Å². The molecule has 78 valence electrons. The molecule has 2 heterocycles. The first-order valence-corrected chi connectivity index (χ1v) is 4.97. The second-order valence-electron chi connectivity index (χ2n) is 3.87. The van der Waals surface area contributed by atoms with Crippen molar-refractivity contribution in [3.05, 3.63) is 0 Å². The van der Waals surface area contributed by atoms with Gasteiger partial charge in [0, 0.05) is 32.7 Å². The summed E-state index contributed by atoms with van der Waals surface area (Å²) in [5.41, 5.74) is 0. The van der Waals surface area contributed by atoms with E-state index in [0.29, 0.717) is 13.1 Å². The largest absolute Gasteiger partial charge is 0.336 e. The standard InChI is InChI=1S/C9H15N3O2/c1-11-4-5-12(9(14)8(11)13)7-2-3-10-6-7/h7,10H,2-6H2,1H3. The molecule has 0 bridgehead atoms. The molecular weight excluding hydrogens is 182 g/mol. The van der Waals surface area contributed by atoms with Crippen LogP contribution in [0.2, 0.25) is 0 Å². The first kappa shape index (κ1) is 9.45. The van der Waals surface area contributed by atoms with E-state index in [1.165, 1.54) is 4.90 Å². The number of hydrogen-bond donors (Lipinski definition) is 1. The third-order valence-corrected chi connectivity index (χ3v) is 2.94. The molecule has 0 aliphatic carbocycles. The lowest BCUT2D eigenvalue weighted by Gasteiger charge is -2.35. The van der Waals surface area contributed by atoms with Crippen molar-refractivity contribution < 1.29 is 9.59 Å². The van der Waals surface area contributed by atoms with Gasteiger partial charge in [0.1, 0.15) is 0 Å². The van der Waals surface area contributed by atoms with Crippen LogP contribution in [0.1, 0.15) is 6.42 Å². The average Bonchev–Trinajstić information content (AvgIpc) is 2.67. The molecule has 1 unspecified atom stereocenters. The van der Waals surface area contributed by atoms with Gasteiger partial charge in [0.05, 0.1) is 0 Å². The fourth-order valence-electron chi connectivity index (χ4n) is 2.00. The van der Waals surface area contributed by atoms with E-state index in [0.717, 1.165) is 19.5 Å². The second-order valence-corrected chi connectivity index (χ2v) is 3.87. The van der Waals surface area contributed by atoms with E-state index in [9.17, 15) is 9.59 Å². The molecule has 2 aliphatic heterocycles. The monoisotopic (exact) mass is 197 g/mol. The normalized spacial score (nSPS) is 28.8. The fraction of sp³-hybridized carbons (Fsp3) is 0.778. The highest BCUT2D eigenvalue weighted by atomic mass is 16.2. The summed E-state index contributed by atoms with van der Waals surface area (Å²) in [5.74, 6) is -0.712. The van der Waals surface area contributed by atoms with Crippen LogP contribution in [0.4, 0.5) is 0 Å². The molecule has 2 saturated heterocycles. The summed E-state index contributed by atoms with van der Waals surface area (Å²) in [6.07, 6.45) is 0.961. The van der Waals surface area contributed by atoms with Gasteiger partial charge in [-0.05, 0) is 13.0 Å². The first-order chi connectivity index (χ1) is 6.70. The maximum atomic E-state index is 11.6. The van der Waals surface area contributed by atoms with E-state index >= 15 is 0 Å². The molecule has 0 aromatic carbocycles. The van der Waals surface area contributed by atoms with Crippen molar-refractivity contribution in [3.63, 3.8) is 0 Å². The van der Waals surface area contributed by atoms with Gasteiger partial charge in [-0.2, -0.15) is 0 Å². The predicted molar refractivity (Wildman–Crippen MR) is 50.6 cm³/mol. The minimum Gasteiger partial charge on any atom is -0.336 e. The SMILES string of the molecule is CN1CCN(C2CCNC2)C(=O)C1=O. The highest BCUT2D eigenvalue weighted by Crippen LogP contribution is 2.12. The lowest BCUT2D eigenvalue weighted by molar-refractivity contribution is -0.156. The Labute approximate surface area is 83.0 Å². The van der Waals surface area contributed by atoms with Crippen molar-refractivity contribution in [1.82, 2.24) is 15.1 Å². The molecule has 14 heavy (non-hydrogen) atoms. The Morgan fingerprint density at radius 3 is 2.71 bits per heavy atom. The van der Waals surface area contributed by atoms with Crippen LogP contribution in [-0.2, 0) is 9.59 Å². The Hall–Kier alpha value is -1.10. The number of hydrogen-bond acceptors (Lipinski definition) is 3. The van der Waals surface area contributed by atoms with E-state index in [1.807, 2.05) is 0 Å². The van der Waals surface area contributed by atoms with E-state index in [-0.39, 0.29) is 17.9 Å². The molecule has 0 saturated carbocycles. The van der Waals surface area contributed by atoms with Crippen LogP contribution >= 0.6 is 0 Å². The second kappa shape index (κ2) is 3.57. The number of carbonyl (C=O) groups is 2. The average molecular weight is 197 g/mol. The lowest BCUT2D eigenvalue weighted by Crippen LogP contribution is -2.56. The van der Waals surface area contributed by atoms with Gasteiger partial charge in [-0.3, -0.25) is 9.59 Å². The van der Waals surface area contributed by atoms with Gasteiger partial charge in [-0.1, -0.05) is 0 Å². The molecule has 2 amide bonds. The van der Waals surface area contributed by atoms with E-state index < -0.39 is 0 Å². The van der Waals surface area contributed by atoms with Gasteiger partial charge >= 0.3 is 11.8 Å². The molecular formula is C9H15N3O2. The number of nitrogens with one attached hydrogen (secondary N) is 1. The van der Waals surface area contributed by atoms with Gasteiger partial charge in [0.25, 0.3) is 0 Å². The number of nitrogens with zero attached hydrogens (tertiary/aromatic N) is 2. The maximum Gasteiger partial charge on any atom is 0.312 e. The van der Waals surface area contributed by atoms with Crippen molar-refractivity contribution in [2.24, 2.45) is 0 Å². The number of rotatable bonds is 1. The smallest absolute Gasteiger partial charge is 0.312 e. The van der Waals surface area contributed by atoms with Crippen molar-refractivity contribution in [3.8, 4) is 0 Å². The summed E-state index contributed by atoms with van der Waals surface area (Å²) >= 11 is 0. The fourth-order valence-corrected chi connectivity index (χ4v) is 2.00. The number of likely N-dealkylation sites (N-methyl/N-ethyl adjacent to an activating group) is 1. The summed E-state index contributed by atoms with van der Waals surface area (Å²) in [6.45, 7) is 3.09. The molecule has 1 atom stereocenters. The third kappa shape index (κ3) is 1.48. The molecule has 5 nitrogen and oxygen atoms in total. The van der Waals surface area contributed by atoms with Crippen molar-refractivity contribution in [2.45, 2.75) is 12.5 Å². The molecule has 0 spiro atoms. The highest BCUT2D eigenvalue weighted by molar-refractivity contribution is 6.35. The number of amides is 2. The quantitative estimate of drug-likeness (QED) is 0.529. The van der Waals surface area contributed by atoms with Gasteiger partial charge in [-0.25, -0.2) is 0 Å². The summed E-state index contributed by atoms with van der Waals surface area (Å²) < 4.78 is 0. The Morgan fingerprint density at radius 2 is 2.07 bits per heavy atom. The molecule has 2 rings (SSSR count). The lowest BCUT2D eigenvalue weighted by atomic mass is 10.2. The van der Waals surface area contributed by atoms with Crippen LogP contribution in [-0.4, -0.2) is 60.9 Å². The molecule has 2 aliphatic rings. The number of piperazine rings is 1. The van der Waals surface area contributed by atoms with E-state index in [2.05, 4.69) is 5.32 Å². The molecule has 0 aromatic heterocycles. The molecule has 2 fully saturated rings. The van der Waals surface area contributed by atoms with Crippen LogP contribution < -0.4 is 5.32 Å². The van der Waals surface area contributed by atoms with Crippen molar-refractivity contribution >= 4 is 11.8 Å². The zero-order valence-corrected chi connectivity index (χ0v) is 8.32. The summed E-state index contributed by atoms with van der Waals surface area (Å²) in [7, 11) is 1.67. The topological polar surface area (TPSA) is 52.6 Å². The van der Waals surface area contributed by atoms with Gasteiger partial charge < -0.3 is 15.1 Å². The van der Waals surface area contributed by atoms with Crippen molar-refractivity contribution in [2.75, 3.05) is 33.2 Å². The molecule has 0 aromatic rings. The highest BCUT2D eigenvalue weighted by Gasteiger charge is 2.35. The van der Waals surface area contributed by atoms with Gasteiger partial charge in [0.2, 0.25) is 0 Å². The Kier molecular flexibility index (Phi) is 2.41. The maximum absolute atomic E-state index is 11.6. The molecule has 1 N–H and O–H groups in total. The van der Waals surface area contributed by atoms with Crippen LogP contribution in [0.5, 0.6) is 0 Å². The summed E-state index contributed by atoms with van der Waals surface area (Å²) in [6, 6.07) is 0.222. The van der Waals surface area contributed by atoms with Crippen molar-refractivity contribution in [1.29, 1.82) is 0 Å². The van der Waals surface area contributed by atoms with Crippen LogP contribution in [0.25, 0.3) is 0 Å². The zero-order valence-electron chi connectivity index (χ0n) is 8.32. The first-order valence-electron chi connectivity index (χ1n) is 4.97. The Morgan fingerprint density at radius 1 is 1.29 bits per heavy atom. The molecule has 0 radical (unpaired) electrons. The van der Waals surface area contributed by atoms with Crippen LogP contribution in [0.15, 0.2) is 0 Å². The Balaban J connectivity index is 2.06. The predicted octanol–water partition coefficient (Wildman–Crippen LogP) is -1.35. The summed E-state index contributed by atoms with van der Waals surface area (Å²) in [5, 5.41) is 3.20. The van der Waals surface area contributed by atoms with E-state index in [1.54, 1.807) is 11.9 Å². The summed E-state index contributed by atoms with van der Waals surface area (Å²) in [4.78, 5) is 26.2. The number of carbonyl (C=O) groups excluding carboxylic acids is 2. The minimum atomic E-state index is -0.372. The van der Waals surface area contributed by atoms with E-state index in [4.69, 9.17) is 0 Å². The molecule has 5 heteroatoms. The third-order valence-electron chi connectivity index (χ3n) is 2.94. The van der Waals surface area contributed by atoms with Crippen LogP contribution in [0, 0.1) is 0 Å². The van der Waals surface area contributed by atoms with Crippen LogP contribution in [0.3, 0.4) is 0 Å². The Bertz CT molecular complexity index is 261.